The van der Waals surface area contributed by atoms with Crippen molar-refractivity contribution >= 4 is 18.3 Å². The molecule has 1 aromatic heterocycles. The minimum Gasteiger partial charge on any atom is -0.349 e. The maximum atomic E-state index is 13.6. The van der Waals surface area contributed by atoms with Gasteiger partial charge in [-0.3, -0.25) is 9.69 Å². The van der Waals surface area contributed by atoms with Crippen LogP contribution in [0.4, 0.5) is 8.78 Å². The van der Waals surface area contributed by atoms with E-state index in [1.54, 1.807) is 4.68 Å². The van der Waals surface area contributed by atoms with Crippen LogP contribution >= 0.6 is 12.4 Å². The molecule has 2 aromatic rings. The molecule has 0 radical (unpaired) electrons. The highest BCUT2D eigenvalue weighted by atomic mass is 35.5. The number of hydrogen-bond donors (Lipinski definition) is 2. The van der Waals surface area contributed by atoms with Gasteiger partial charge in [0.1, 0.15) is 0 Å². The molecule has 4 rings (SSSR count). The van der Waals surface area contributed by atoms with Crippen LogP contribution in [-0.4, -0.2) is 59.9 Å². The Morgan fingerprint density at radius 2 is 1.96 bits per heavy atom. The van der Waals surface area contributed by atoms with Gasteiger partial charge in [-0.25, -0.2) is 13.5 Å². The van der Waals surface area contributed by atoms with Crippen molar-refractivity contribution in [3.63, 3.8) is 0 Å². The standard InChI is InChI=1S/C19H23F2N5O.ClH/c20-15-5-4-13(12-16(15)21)26-17-3-1-2-14(17)18(24-26)19(27)23-8-11-25-9-6-22-7-10-25;/h4-5,12,22H,1-3,6-11H2,(H,23,27);1H. The number of carbonyl (C=O) groups excluding carboxylic acids is 1. The number of nitrogens with zero attached hydrogens (tertiary/aromatic N) is 3. The second kappa shape index (κ2) is 8.98. The molecule has 2 N–H and O–H groups in total. The summed E-state index contributed by atoms with van der Waals surface area (Å²) >= 11 is 0. The number of hydrogen-bond acceptors (Lipinski definition) is 4. The van der Waals surface area contributed by atoms with Crippen molar-refractivity contribution < 1.29 is 13.6 Å². The fraction of sp³-hybridized carbons (Fsp3) is 0.474. The van der Waals surface area contributed by atoms with Gasteiger partial charge in [-0.15, -0.1) is 12.4 Å². The fourth-order valence-electron chi connectivity index (χ4n) is 3.80. The zero-order chi connectivity index (χ0) is 18.8. The second-order valence-corrected chi connectivity index (χ2v) is 6.99. The molecule has 0 spiro atoms. The van der Waals surface area contributed by atoms with E-state index in [2.05, 4.69) is 20.6 Å². The Hall–Kier alpha value is -2.03. The Labute approximate surface area is 168 Å². The number of fused-ring (bicyclic) bond motifs is 1. The Bertz CT molecular complexity index is 851. The molecule has 1 fully saturated rings. The number of nitrogens with one attached hydrogen (secondary N) is 2. The van der Waals surface area contributed by atoms with E-state index in [-0.39, 0.29) is 18.3 Å². The molecule has 1 amide bonds. The molecule has 28 heavy (non-hydrogen) atoms. The maximum absolute atomic E-state index is 13.6. The number of carbonyl (C=O) groups is 1. The summed E-state index contributed by atoms with van der Waals surface area (Å²) in [4.78, 5) is 15.0. The number of amides is 1. The highest BCUT2D eigenvalue weighted by Gasteiger charge is 2.27. The predicted molar refractivity (Wildman–Crippen MR) is 104 cm³/mol. The van der Waals surface area contributed by atoms with Gasteiger partial charge in [0.05, 0.1) is 5.69 Å². The van der Waals surface area contributed by atoms with Gasteiger partial charge < -0.3 is 10.6 Å². The van der Waals surface area contributed by atoms with Crippen molar-refractivity contribution in [2.45, 2.75) is 19.3 Å². The Morgan fingerprint density at radius 1 is 1.18 bits per heavy atom. The third kappa shape index (κ3) is 4.19. The average Bonchev–Trinajstić information content (AvgIpc) is 3.27. The molecule has 2 aliphatic rings. The molecule has 1 saturated heterocycles. The summed E-state index contributed by atoms with van der Waals surface area (Å²) in [5.74, 6) is -2.02. The molecule has 0 unspecified atom stereocenters. The molecule has 6 nitrogen and oxygen atoms in total. The summed E-state index contributed by atoms with van der Waals surface area (Å²) in [6, 6.07) is 3.68. The molecule has 1 aliphatic heterocycles. The molecule has 1 aromatic carbocycles. The van der Waals surface area contributed by atoms with Crippen molar-refractivity contribution in [1.82, 2.24) is 25.3 Å². The molecule has 1 aliphatic carbocycles. The van der Waals surface area contributed by atoms with Crippen LogP contribution in [0.3, 0.4) is 0 Å². The van der Waals surface area contributed by atoms with E-state index in [4.69, 9.17) is 0 Å². The van der Waals surface area contributed by atoms with E-state index in [1.807, 2.05) is 0 Å². The number of halogens is 3. The maximum Gasteiger partial charge on any atom is 0.272 e. The first-order valence-corrected chi connectivity index (χ1v) is 9.41. The summed E-state index contributed by atoms with van der Waals surface area (Å²) in [6.45, 7) is 5.28. The smallest absolute Gasteiger partial charge is 0.272 e. The quantitative estimate of drug-likeness (QED) is 0.786. The molecular formula is C19H24ClF2N5O. The van der Waals surface area contributed by atoms with Crippen LogP contribution in [0.15, 0.2) is 18.2 Å². The lowest BCUT2D eigenvalue weighted by molar-refractivity contribution is 0.0941. The molecular weight excluding hydrogens is 388 g/mol. The summed E-state index contributed by atoms with van der Waals surface area (Å²) in [5, 5.41) is 10.7. The van der Waals surface area contributed by atoms with Crippen molar-refractivity contribution in [3.05, 3.63) is 46.8 Å². The van der Waals surface area contributed by atoms with E-state index in [1.165, 1.54) is 6.07 Å². The summed E-state index contributed by atoms with van der Waals surface area (Å²) in [5.41, 5.74) is 2.66. The number of piperazine rings is 1. The van der Waals surface area contributed by atoms with Gasteiger partial charge in [0.15, 0.2) is 17.3 Å². The molecule has 9 heteroatoms. The highest BCUT2D eigenvalue weighted by molar-refractivity contribution is 5.94. The number of rotatable bonds is 5. The normalized spacial score (nSPS) is 16.5. The monoisotopic (exact) mass is 411 g/mol. The molecule has 152 valence electrons. The Kier molecular flexibility index (Phi) is 6.64. The highest BCUT2D eigenvalue weighted by Crippen LogP contribution is 2.28. The third-order valence-corrected chi connectivity index (χ3v) is 5.22. The summed E-state index contributed by atoms with van der Waals surface area (Å²) in [6.07, 6.45) is 2.48. The van der Waals surface area contributed by atoms with Gasteiger partial charge >= 0.3 is 0 Å². The Morgan fingerprint density at radius 3 is 2.71 bits per heavy atom. The molecule has 0 saturated carbocycles. The first kappa shape index (κ1) is 20.7. The van der Waals surface area contributed by atoms with Crippen molar-refractivity contribution in [2.24, 2.45) is 0 Å². The van der Waals surface area contributed by atoms with E-state index in [0.717, 1.165) is 75.4 Å². The SMILES string of the molecule is Cl.O=C(NCCN1CCNCC1)c1nn(-c2ccc(F)c(F)c2)c2c1CCC2. The lowest BCUT2D eigenvalue weighted by Crippen LogP contribution is -2.46. The van der Waals surface area contributed by atoms with Gasteiger partial charge in [0.25, 0.3) is 5.91 Å². The number of aromatic nitrogens is 2. The molecule has 2 heterocycles. The Balaban J connectivity index is 0.00000225. The van der Waals surface area contributed by atoms with Gasteiger partial charge in [-0.1, -0.05) is 0 Å². The van der Waals surface area contributed by atoms with Gasteiger partial charge in [-0.2, -0.15) is 5.10 Å². The first-order chi connectivity index (χ1) is 13.1. The van der Waals surface area contributed by atoms with Crippen molar-refractivity contribution in [1.29, 1.82) is 0 Å². The number of benzene rings is 1. The van der Waals surface area contributed by atoms with Crippen molar-refractivity contribution in [3.8, 4) is 5.69 Å². The van der Waals surface area contributed by atoms with Crippen molar-refractivity contribution in [2.75, 3.05) is 39.3 Å². The fourth-order valence-corrected chi connectivity index (χ4v) is 3.80. The minimum absolute atomic E-state index is 0. The van der Waals surface area contributed by atoms with Gasteiger partial charge in [0.2, 0.25) is 0 Å². The van der Waals surface area contributed by atoms with E-state index in [9.17, 15) is 13.6 Å². The first-order valence-electron chi connectivity index (χ1n) is 9.41. The largest absolute Gasteiger partial charge is 0.349 e. The zero-order valence-corrected chi connectivity index (χ0v) is 16.3. The minimum atomic E-state index is -0.920. The van der Waals surface area contributed by atoms with E-state index >= 15 is 0 Å². The average molecular weight is 412 g/mol. The zero-order valence-electron chi connectivity index (χ0n) is 15.5. The van der Waals surface area contributed by atoms with Crippen LogP contribution in [0, 0.1) is 11.6 Å². The van der Waals surface area contributed by atoms with Crippen LogP contribution in [0.5, 0.6) is 0 Å². The van der Waals surface area contributed by atoms with Gasteiger partial charge in [0, 0.05) is 56.6 Å². The van der Waals surface area contributed by atoms with Crippen LogP contribution < -0.4 is 10.6 Å². The van der Waals surface area contributed by atoms with Crippen LogP contribution in [0.2, 0.25) is 0 Å². The lowest BCUT2D eigenvalue weighted by Gasteiger charge is -2.27. The van der Waals surface area contributed by atoms with Crippen LogP contribution in [-0.2, 0) is 12.8 Å². The van der Waals surface area contributed by atoms with E-state index < -0.39 is 11.6 Å². The summed E-state index contributed by atoms with van der Waals surface area (Å²) < 4.78 is 28.4. The predicted octanol–water partition coefficient (Wildman–Crippen LogP) is 1.70. The molecule has 0 atom stereocenters. The summed E-state index contributed by atoms with van der Waals surface area (Å²) in [7, 11) is 0. The molecule has 0 bridgehead atoms. The van der Waals surface area contributed by atoms with E-state index in [0.29, 0.717) is 17.9 Å². The van der Waals surface area contributed by atoms with Crippen LogP contribution in [0.25, 0.3) is 5.69 Å². The third-order valence-electron chi connectivity index (χ3n) is 5.22. The van der Waals surface area contributed by atoms with Crippen LogP contribution in [0.1, 0.15) is 28.2 Å². The van der Waals surface area contributed by atoms with Gasteiger partial charge in [-0.05, 0) is 31.4 Å². The topological polar surface area (TPSA) is 62.2 Å². The lowest BCUT2D eigenvalue weighted by atomic mass is 10.2. The second-order valence-electron chi connectivity index (χ2n) is 6.99.